The number of aromatic nitrogens is 4. The maximum absolute atomic E-state index is 12.7. The van der Waals surface area contributed by atoms with Gasteiger partial charge in [0, 0.05) is 41.7 Å². The van der Waals surface area contributed by atoms with Crippen molar-refractivity contribution in [1.29, 1.82) is 0 Å². The number of nitrogens with zero attached hydrogens (tertiary/aromatic N) is 3. The first-order chi connectivity index (χ1) is 18.0. The molecule has 0 aliphatic rings. The van der Waals surface area contributed by atoms with Crippen molar-refractivity contribution in [1.82, 2.24) is 30.8 Å². The highest BCUT2D eigenvalue weighted by Crippen LogP contribution is 2.28. The quantitative estimate of drug-likeness (QED) is 0.135. The predicted molar refractivity (Wildman–Crippen MR) is 137 cm³/mol. The molecule has 12 heteroatoms. The van der Waals surface area contributed by atoms with Crippen molar-refractivity contribution in [3.05, 3.63) is 64.3 Å². The molecular formula is C25H27N7O5. The first-order valence-corrected chi connectivity index (χ1v) is 11.9. The van der Waals surface area contributed by atoms with Gasteiger partial charge in [-0.15, -0.1) is 0 Å². The molecule has 2 aromatic carbocycles. The SMILES string of the molecule is CCCCOC(=O)NCCCNC(=O)c1ccc2[nH]nc(-c3ncc(-c4cccc([N+](=O)[O-])c4)[nH]3)c2c1. The Morgan fingerprint density at radius 2 is 1.95 bits per heavy atom. The molecule has 0 aliphatic carbocycles. The lowest BCUT2D eigenvalue weighted by Gasteiger charge is -2.08. The number of nitro benzene ring substituents is 1. The average Bonchev–Trinajstić information content (AvgIpc) is 3.55. The molecule has 0 unspecified atom stereocenters. The molecule has 0 saturated heterocycles. The number of aromatic amines is 2. The number of hydrogen-bond acceptors (Lipinski definition) is 7. The van der Waals surface area contributed by atoms with E-state index in [4.69, 9.17) is 4.74 Å². The highest BCUT2D eigenvalue weighted by molar-refractivity contribution is 6.01. The standard InChI is InChI=1S/C25H27N7O5/c1-2-3-12-37-25(34)27-11-5-10-26-24(33)17-8-9-20-19(14-17)22(31-30-20)23-28-15-21(29-23)16-6-4-7-18(13-16)32(35)36/h4,6-9,13-15H,2-3,5,10-12H2,1H3,(H,26,33)(H,27,34)(H,28,29)(H,30,31). The number of carbonyl (C=O) groups excluding carboxylic acids is 2. The predicted octanol–water partition coefficient (Wildman–Crippen LogP) is 4.17. The largest absolute Gasteiger partial charge is 0.450 e. The average molecular weight is 506 g/mol. The number of imidazole rings is 1. The van der Waals surface area contributed by atoms with Crippen LogP contribution in [0.15, 0.2) is 48.7 Å². The van der Waals surface area contributed by atoms with E-state index in [-0.39, 0.29) is 11.6 Å². The minimum atomic E-state index is -0.454. The Morgan fingerprint density at radius 1 is 1.11 bits per heavy atom. The van der Waals surface area contributed by atoms with Crippen molar-refractivity contribution in [2.75, 3.05) is 19.7 Å². The summed E-state index contributed by atoms with van der Waals surface area (Å²) in [5, 5.41) is 24.6. The van der Waals surface area contributed by atoms with E-state index >= 15 is 0 Å². The van der Waals surface area contributed by atoms with Crippen LogP contribution < -0.4 is 10.6 Å². The Morgan fingerprint density at radius 3 is 2.76 bits per heavy atom. The van der Waals surface area contributed by atoms with Crippen LogP contribution in [0, 0.1) is 10.1 Å². The van der Waals surface area contributed by atoms with Crippen molar-refractivity contribution < 1.29 is 19.2 Å². The number of benzene rings is 2. The maximum atomic E-state index is 12.7. The van der Waals surface area contributed by atoms with Crippen molar-refractivity contribution in [3.8, 4) is 22.8 Å². The van der Waals surface area contributed by atoms with Gasteiger partial charge < -0.3 is 20.4 Å². The third-order valence-corrected chi connectivity index (χ3v) is 5.63. The van der Waals surface area contributed by atoms with Gasteiger partial charge in [-0.2, -0.15) is 5.10 Å². The molecule has 2 amide bonds. The number of amides is 2. The van der Waals surface area contributed by atoms with Gasteiger partial charge in [0.25, 0.3) is 11.6 Å². The molecular weight excluding hydrogens is 478 g/mol. The van der Waals surface area contributed by atoms with Crippen LogP contribution >= 0.6 is 0 Å². The second-order valence-electron chi connectivity index (χ2n) is 8.31. The number of non-ortho nitro benzene ring substituents is 1. The molecule has 0 radical (unpaired) electrons. The van der Waals surface area contributed by atoms with Crippen LogP contribution in [0.25, 0.3) is 33.7 Å². The topological polar surface area (TPSA) is 168 Å². The summed E-state index contributed by atoms with van der Waals surface area (Å²) in [6.45, 7) is 3.19. The van der Waals surface area contributed by atoms with Crippen molar-refractivity contribution in [2.45, 2.75) is 26.2 Å². The smallest absolute Gasteiger partial charge is 0.407 e. The number of carbonyl (C=O) groups is 2. The van der Waals surface area contributed by atoms with Crippen LogP contribution in [0.1, 0.15) is 36.5 Å². The van der Waals surface area contributed by atoms with E-state index in [1.807, 2.05) is 6.92 Å². The van der Waals surface area contributed by atoms with E-state index in [1.165, 1.54) is 12.1 Å². The summed E-state index contributed by atoms with van der Waals surface area (Å²) in [6, 6.07) is 11.4. The molecule has 2 aromatic heterocycles. The summed E-state index contributed by atoms with van der Waals surface area (Å²) in [5.41, 5.74) is 2.91. The normalized spacial score (nSPS) is 10.8. The fourth-order valence-corrected chi connectivity index (χ4v) is 3.65. The maximum Gasteiger partial charge on any atom is 0.407 e. The Hall–Kier alpha value is -4.74. The summed E-state index contributed by atoms with van der Waals surface area (Å²) in [7, 11) is 0. The molecule has 12 nitrogen and oxygen atoms in total. The Labute approximate surface area is 212 Å². The van der Waals surface area contributed by atoms with Crippen LogP contribution in [-0.4, -0.2) is 56.8 Å². The zero-order valence-corrected chi connectivity index (χ0v) is 20.2. The van der Waals surface area contributed by atoms with Gasteiger partial charge in [-0.3, -0.25) is 20.0 Å². The molecule has 0 bridgehead atoms. The number of unbranched alkanes of at least 4 members (excludes halogenated alkanes) is 1. The second-order valence-corrected chi connectivity index (χ2v) is 8.31. The number of ether oxygens (including phenoxy) is 1. The number of hydrogen-bond donors (Lipinski definition) is 4. The summed E-state index contributed by atoms with van der Waals surface area (Å²) < 4.78 is 5.02. The van der Waals surface area contributed by atoms with Crippen LogP contribution in [0.3, 0.4) is 0 Å². The molecule has 0 spiro atoms. The Bertz CT molecular complexity index is 1410. The third kappa shape index (κ3) is 6.28. The van der Waals surface area contributed by atoms with Gasteiger partial charge in [0.15, 0.2) is 5.82 Å². The van der Waals surface area contributed by atoms with Gasteiger partial charge in [0.05, 0.1) is 28.9 Å². The van der Waals surface area contributed by atoms with Crippen molar-refractivity contribution in [3.63, 3.8) is 0 Å². The van der Waals surface area contributed by atoms with E-state index in [0.717, 1.165) is 18.4 Å². The van der Waals surface area contributed by atoms with Gasteiger partial charge in [0.2, 0.25) is 0 Å². The molecule has 0 atom stereocenters. The lowest BCUT2D eigenvalue weighted by Crippen LogP contribution is -2.30. The molecule has 4 rings (SSSR count). The summed E-state index contributed by atoms with van der Waals surface area (Å²) in [4.78, 5) is 42.4. The van der Waals surface area contributed by atoms with E-state index in [0.29, 0.717) is 59.8 Å². The second kappa shape index (κ2) is 11.8. The lowest BCUT2D eigenvalue weighted by atomic mass is 10.1. The van der Waals surface area contributed by atoms with Gasteiger partial charge in [-0.1, -0.05) is 25.5 Å². The molecule has 2 heterocycles. The number of nitrogens with one attached hydrogen (secondary N) is 4. The summed E-state index contributed by atoms with van der Waals surface area (Å²) in [6.07, 6.45) is 3.46. The van der Waals surface area contributed by atoms with E-state index < -0.39 is 11.0 Å². The third-order valence-electron chi connectivity index (χ3n) is 5.63. The zero-order valence-electron chi connectivity index (χ0n) is 20.2. The Kier molecular flexibility index (Phi) is 8.08. The van der Waals surface area contributed by atoms with E-state index in [1.54, 1.807) is 36.5 Å². The molecule has 0 saturated carbocycles. The van der Waals surface area contributed by atoms with Gasteiger partial charge >= 0.3 is 6.09 Å². The lowest BCUT2D eigenvalue weighted by molar-refractivity contribution is -0.384. The number of fused-ring (bicyclic) bond motifs is 1. The van der Waals surface area contributed by atoms with Crippen LogP contribution in [0.5, 0.6) is 0 Å². The summed E-state index contributed by atoms with van der Waals surface area (Å²) >= 11 is 0. The number of rotatable bonds is 11. The van der Waals surface area contributed by atoms with Crippen molar-refractivity contribution in [2.24, 2.45) is 0 Å². The zero-order chi connectivity index (χ0) is 26.2. The first-order valence-electron chi connectivity index (χ1n) is 11.9. The highest BCUT2D eigenvalue weighted by Gasteiger charge is 2.16. The number of alkyl carbamates (subject to hydrolysis) is 1. The Balaban J connectivity index is 1.39. The van der Waals surface area contributed by atoms with Crippen LogP contribution in [0.2, 0.25) is 0 Å². The van der Waals surface area contributed by atoms with Gasteiger partial charge in [-0.25, -0.2) is 9.78 Å². The molecule has 0 aliphatic heterocycles. The van der Waals surface area contributed by atoms with E-state index in [2.05, 4.69) is 30.8 Å². The van der Waals surface area contributed by atoms with Gasteiger partial charge in [-0.05, 0) is 31.0 Å². The minimum Gasteiger partial charge on any atom is -0.450 e. The number of nitro groups is 1. The van der Waals surface area contributed by atoms with E-state index in [9.17, 15) is 19.7 Å². The fourth-order valence-electron chi connectivity index (χ4n) is 3.65. The molecule has 37 heavy (non-hydrogen) atoms. The van der Waals surface area contributed by atoms with Crippen molar-refractivity contribution >= 4 is 28.6 Å². The van der Waals surface area contributed by atoms with Crippen LogP contribution in [-0.2, 0) is 4.74 Å². The molecule has 192 valence electrons. The summed E-state index contributed by atoms with van der Waals surface area (Å²) in [5.74, 6) is 0.207. The molecule has 4 N–H and O–H groups in total. The molecule has 4 aromatic rings. The highest BCUT2D eigenvalue weighted by atomic mass is 16.6. The first kappa shape index (κ1) is 25.4. The number of H-pyrrole nitrogens is 2. The van der Waals surface area contributed by atoms with Gasteiger partial charge in [0.1, 0.15) is 5.69 Å². The van der Waals surface area contributed by atoms with Crippen LogP contribution in [0.4, 0.5) is 10.5 Å². The monoisotopic (exact) mass is 505 g/mol. The fraction of sp³-hybridized carbons (Fsp3) is 0.280. The minimum absolute atomic E-state index is 0.0165. The molecule has 0 fully saturated rings.